The quantitative estimate of drug-likeness (QED) is 0.728. The summed E-state index contributed by atoms with van der Waals surface area (Å²) in [4.78, 5) is 15.6. The zero-order chi connectivity index (χ0) is 19.9. The lowest BCUT2D eigenvalue weighted by atomic mass is 10.1. The molecule has 5 nitrogen and oxygen atoms in total. The molecule has 0 spiro atoms. The predicted molar refractivity (Wildman–Crippen MR) is 106 cm³/mol. The topological polar surface area (TPSA) is 57.7 Å². The Kier molecular flexibility index (Phi) is 4.89. The molecule has 0 radical (unpaired) electrons. The first-order chi connectivity index (χ1) is 13.4. The molecular formula is C20H18ClFN2O3S. The van der Waals surface area contributed by atoms with Gasteiger partial charge >= 0.3 is 0 Å². The summed E-state index contributed by atoms with van der Waals surface area (Å²) in [7, 11) is -4.05. The van der Waals surface area contributed by atoms with E-state index < -0.39 is 21.6 Å². The molecule has 1 fully saturated rings. The summed E-state index contributed by atoms with van der Waals surface area (Å²) in [6.07, 6.45) is 3.90. The van der Waals surface area contributed by atoms with Crippen LogP contribution in [-0.2, 0) is 14.6 Å². The summed E-state index contributed by atoms with van der Waals surface area (Å²) >= 11 is 6.07. The van der Waals surface area contributed by atoms with Gasteiger partial charge in [-0.05, 0) is 49.6 Å². The van der Waals surface area contributed by atoms with Gasteiger partial charge in [-0.3, -0.25) is 4.79 Å². The standard InChI is InChI=1S/C20H18ClFN2O3S/c21-14-8-9-18-17(12-14)24(16-7-3-2-6-15(16)22)13-19(28(18,26)27)20(25)23-10-4-1-5-11-23/h2-3,6-9,12-13H,1,4-5,10-11H2. The van der Waals surface area contributed by atoms with Crippen LogP contribution in [0.5, 0.6) is 0 Å². The van der Waals surface area contributed by atoms with Crippen molar-refractivity contribution in [3.63, 3.8) is 0 Å². The number of sulfone groups is 1. The van der Waals surface area contributed by atoms with Crippen LogP contribution in [-0.4, -0.2) is 32.3 Å². The first-order valence-electron chi connectivity index (χ1n) is 8.99. The average molecular weight is 421 g/mol. The number of rotatable bonds is 2. The van der Waals surface area contributed by atoms with Crippen LogP contribution < -0.4 is 4.90 Å². The number of piperidine rings is 1. The van der Waals surface area contributed by atoms with Gasteiger partial charge in [0.2, 0.25) is 9.84 Å². The van der Waals surface area contributed by atoms with Gasteiger partial charge in [0.15, 0.2) is 4.91 Å². The van der Waals surface area contributed by atoms with Crippen molar-refractivity contribution in [3.8, 4) is 0 Å². The highest BCUT2D eigenvalue weighted by atomic mass is 35.5. The van der Waals surface area contributed by atoms with Crippen LogP contribution in [0, 0.1) is 5.82 Å². The van der Waals surface area contributed by atoms with Gasteiger partial charge in [0, 0.05) is 24.3 Å². The van der Waals surface area contributed by atoms with Gasteiger partial charge in [-0.2, -0.15) is 0 Å². The number of carbonyl (C=O) groups excluding carboxylic acids is 1. The molecule has 0 unspecified atom stereocenters. The fourth-order valence-electron chi connectivity index (χ4n) is 3.55. The van der Waals surface area contributed by atoms with E-state index in [1.165, 1.54) is 41.4 Å². The third kappa shape index (κ3) is 3.18. The largest absolute Gasteiger partial charge is 0.338 e. The Morgan fingerprint density at radius 2 is 1.71 bits per heavy atom. The second-order valence-corrected chi connectivity index (χ2v) is 9.11. The van der Waals surface area contributed by atoms with Gasteiger partial charge in [0.1, 0.15) is 5.82 Å². The van der Waals surface area contributed by atoms with Gasteiger partial charge in [-0.1, -0.05) is 23.7 Å². The molecule has 8 heteroatoms. The molecule has 2 aromatic carbocycles. The van der Waals surface area contributed by atoms with E-state index in [2.05, 4.69) is 0 Å². The molecular weight excluding hydrogens is 403 g/mol. The number of carbonyl (C=O) groups is 1. The molecule has 4 rings (SSSR count). The summed E-state index contributed by atoms with van der Waals surface area (Å²) in [5.41, 5.74) is 0.359. The number of hydrogen-bond donors (Lipinski definition) is 0. The van der Waals surface area contributed by atoms with Crippen LogP contribution in [0.2, 0.25) is 5.02 Å². The van der Waals surface area contributed by atoms with Crippen molar-refractivity contribution in [2.24, 2.45) is 0 Å². The van der Waals surface area contributed by atoms with Crippen molar-refractivity contribution >= 4 is 38.7 Å². The van der Waals surface area contributed by atoms with E-state index in [4.69, 9.17) is 11.6 Å². The minimum Gasteiger partial charge on any atom is -0.338 e. The predicted octanol–water partition coefficient (Wildman–Crippen LogP) is 4.26. The Bertz CT molecular complexity index is 1080. The van der Waals surface area contributed by atoms with Gasteiger partial charge in [-0.25, -0.2) is 12.8 Å². The average Bonchev–Trinajstić information content (AvgIpc) is 2.69. The summed E-state index contributed by atoms with van der Waals surface area (Å²) < 4.78 is 40.9. The molecule has 0 aliphatic carbocycles. The normalized spacial score (nSPS) is 18.4. The smallest absolute Gasteiger partial charge is 0.267 e. The highest BCUT2D eigenvalue weighted by Crippen LogP contribution is 2.42. The van der Waals surface area contributed by atoms with Gasteiger partial charge in [-0.15, -0.1) is 0 Å². The number of anilines is 2. The first-order valence-corrected chi connectivity index (χ1v) is 10.9. The fraction of sp³-hybridized carbons (Fsp3) is 0.250. The van der Waals surface area contributed by atoms with Crippen LogP contribution in [0.15, 0.2) is 58.5 Å². The number of fused-ring (bicyclic) bond motifs is 1. The molecule has 2 aliphatic heterocycles. The Balaban J connectivity index is 1.90. The van der Waals surface area contributed by atoms with Crippen LogP contribution in [0.4, 0.5) is 15.8 Å². The van der Waals surface area contributed by atoms with E-state index in [0.29, 0.717) is 18.1 Å². The lowest BCUT2D eigenvalue weighted by Gasteiger charge is -2.32. The zero-order valence-corrected chi connectivity index (χ0v) is 16.5. The van der Waals surface area contributed by atoms with E-state index in [9.17, 15) is 17.6 Å². The molecule has 1 amide bonds. The highest BCUT2D eigenvalue weighted by Gasteiger charge is 2.38. The molecule has 0 atom stereocenters. The Morgan fingerprint density at radius 3 is 2.43 bits per heavy atom. The Morgan fingerprint density at radius 1 is 1.00 bits per heavy atom. The lowest BCUT2D eigenvalue weighted by molar-refractivity contribution is -0.127. The third-order valence-electron chi connectivity index (χ3n) is 4.97. The zero-order valence-electron chi connectivity index (χ0n) is 14.9. The molecule has 146 valence electrons. The molecule has 0 N–H and O–H groups in total. The number of likely N-dealkylation sites (tertiary alicyclic amines) is 1. The number of nitrogens with zero attached hydrogens (tertiary/aromatic N) is 2. The van der Waals surface area contributed by atoms with Crippen LogP contribution in [0.25, 0.3) is 0 Å². The van der Waals surface area contributed by atoms with Gasteiger partial charge < -0.3 is 9.80 Å². The van der Waals surface area contributed by atoms with E-state index in [1.807, 2.05) is 0 Å². The van der Waals surface area contributed by atoms with Crippen molar-refractivity contribution in [2.75, 3.05) is 18.0 Å². The summed E-state index contributed by atoms with van der Waals surface area (Å²) in [6, 6.07) is 10.3. The molecule has 2 aromatic rings. The van der Waals surface area contributed by atoms with E-state index in [-0.39, 0.29) is 21.2 Å². The lowest BCUT2D eigenvalue weighted by Crippen LogP contribution is -2.39. The molecule has 28 heavy (non-hydrogen) atoms. The van der Waals surface area contributed by atoms with Crippen molar-refractivity contribution in [3.05, 3.63) is 64.4 Å². The van der Waals surface area contributed by atoms with Gasteiger partial charge in [0.25, 0.3) is 5.91 Å². The SMILES string of the molecule is O=C(C1=CN(c2ccccc2F)c2cc(Cl)ccc2S1(=O)=O)N1CCCCC1. The number of hydrogen-bond acceptors (Lipinski definition) is 4. The molecule has 0 bridgehead atoms. The third-order valence-corrected chi connectivity index (χ3v) is 6.99. The van der Waals surface area contributed by atoms with Crippen molar-refractivity contribution < 1.29 is 17.6 Å². The van der Waals surface area contributed by atoms with Crippen molar-refractivity contribution in [1.82, 2.24) is 4.90 Å². The molecule has 1 saturated heterocycles. The number of benzene rings is 2. The van der Waals surface area contributed by atoms with Crippen LogP contribution in [0.1, 0.15) is 19.3 Å². The molecule has 0 saturated carbocycles. The maximum absolute atomic E-state index is 14.5. The molecule has 2 heterocycles. The number of halogens is 2. The fourth-order valence-corrected chi connectivity index (χ4v) is 5.24. The summed E-state index contributed by atoms with van der Waals surface area (Å²) in [5, 5.41) is 0.314. The van der Waals surface area contributed by atoms with E-state index in [0.717, 1.165) is 19.3 Å². The monoisotopic (exact) mass is 420 g/mol. The minimum atomic E-state index is -4.05. The molecule has 2 aliphatic rings. The van der Waals surface area contributed by atoms with Crippen molar-refractivity contribution in [1.29, 1.82) is 0 Å². The second kappa shape index (κ2) is 7.22. The van der Waals surface area contributed by atoms with E-state index >= 15 is 0 Å². The summed E-state index contributed by atoms with van der Waals surface area (Å²) in [6.45, 7) is 1.03. The Hall–Kier alpha value is -2.38. The van der Waals surface area contributed by atoms with Crippen LogP contribution in [0.3, 0.4) is 0 Å². The Labute approximate surface area is 167 Å². The highest BCUT2D eigenvalue weighted by molar-refractivity contribution is 7.96. The summed E-state index contributed by atoms with van der Waals surface area (Å²) in [5.74, 6) is -1.09. The van der Waals surface area contributed by atoms with E-state index in [1.54, 1.807) is 17.0 Å². The molecule has 0 aromatic heterocycles. The minimum absolute atomic E-state index is 0.0667. The first kappa shape index (κ1) is 19.0. The maximum Gasteiger partial charge on any atom is 0.267 e. The van der Waals surface area contributed by atoms with Crippen molar-refractivity contribution in [2.45, 2.75) is 24.2 Å². The number of amides is 1. The van der Waals surface area contributed by atoms with Crippen LogP contribution >= 0.6 is 11.6 Å². The maximum atomic E-state index is 14.5. The number of para-hydroxylation sites is 1. The van der Waals surface area contributed by atoms with Gasteiger partial charge in [0.05, 0.1) is 16.3 Å². The second-order valence-electron chi connectivity index (χ2n) is 6.78.